The summed E-state index contributed by atoms with van der Waals surface area (Å²) < 4.78 is 10.1. The van der Waals surface area contributed by atoms with E-state index in [1.54, 1.807) is 0 Å². The van der Waals surface area contributed by atoms with Gasteiger partial charge in [0.15, 0.2) is 0 Å². The molecule has 0 aliphatic heterocycles. The van der Waals surface area contributed by atoms with Gasteiger partial charge in [-0.3, -0.25) is 0 Å². The Kier molecular flexibility index (Phi) is 5.51. The Balaban J connectivity index is 1.19. The first-order valence-electron chi connectivity index (χ1n) is 18.5. The molecular formula is C50H29N3S. The SMILES string of the molecule is c1ccc2c(c1)sc1ccc(-n3c4ccc(-n5c6ccccc6c6ccccc65)c5ccc6c(-n7c8ccccc8c8ccccc87)ccc3c6c54)cc12. The highest BCUT2D eigenvalue weighted by Gasteiger charge is 2.24. The number of hydrogen-bond acceptors (Lipinski definition) is 1. The van der Waals surface area contributed by atoms with Crippen molar-refractivity contribution in [2.24, 2.45) is 0 Å². The fraction of sp³-hybridized carbons (Fsp3) is 0. The minimum absolute atomic E-state index is 1.18. The van der Waals surface area contributed by atoms with Crippen molar-refractivity contribution in [3.05, 3.63) is 176 Å². The van der Waals surface area contributed by atoms with Crippen LogP contribution in [0, 0.1) is 0 Å². The summed E-state index contributed by atoms with van der Waals surface area (Å²) in [6, 6.07) is 65.2. The number of hydrogen-bond donors (Lipinski definition) is 0. The summed E-state index contributed by atoms with van der Waals surface area (Å²) in [5.74, 6) is 0. The van der Waals surface area contributed by atoms with E-state index in [1.807, 2.05) is 11.3 Å². The second kappa shape index (κ2) is 10.4. The molecule has 54 heavy (non-hydrogen) atoms. The first-order valence-corrected chi connectivity index (χ1v) is 19.3. The predicted molar refractivity (Wildman–Crippen MR) is 231 cm³/mol. The van der Waals surface area contributed by atoms with Gasteiger partial charge in [-0.1, -0.05) is 103 Å². The fourth-order valence-electron chi connectivity index (χ4n) is 9.61. The smallest absolute Gasteiger partial charge is 0.0548 e. The van der Waals surface area contributed by atoms with Gasteiger partial charge in [0.1, 0.15) is 0 Å². The number of rotatable bonds is 3. The molecule has 0 N–H and O–H groups in total. The van der Waals surface area contributed by atoms with E-state index in [0.717, 1.165) is 0 Å². The van der Waals surface area contributed by atoms with Gasteiger partial charge >= 0.3 is 0 Å². The molecule has 3 nitrogen and oxygen atoms in total. The van der Waals surface area contributed by atoms with E-state index >= 15 is 0 Å². The number of aromatic nitrogens is 3. The lowest BCUT2D eigenvalue weighted by atomic mass is 9.99. The molecule has 0 radical (unpaired) electrons. The van der Waals surface area contributed by atoms with Crippen LogP contribution in [0.15, 0.2) is 176 Å². The summed E-state index contributed by atoms with van der Waals surface area (Å²) in [5.41, 5.74) is 10.9. The minimum Gasteiger partial charge on any atom is -0.309 e. The van der Waals surface area contributed by atoms with E-state index in [2.05, 4.69) is 190 Å². The molecule has 4 aromatic heterocycles. The molecule has 0 unspecified atom stereocenters. The molecule has 0 aliphatic carbocycles. The highest BCUT2D eigenvalue weighted by molar-refractivity contribution is 7.25. The van der Waals surface area contributed by atoms with E-state index in [-0.39, 0.29) is 0 Å². The predicted octanol–water partition coefficient (Wildman–Crippen LogP) is 13.9. The molecule has 13 rings (SSSR count). The van der Waals surface area contributed by atoms with E-state index in [4.69, 9.17) is 0 Å². The third-order valence-corrected chi connectivity index (χ3v) is 13.0. The van der Waals surface area contributed by atoms with Crippen LogP contribution >= 0.6 is 11.3 Å². The average Bonchev–Trinajstić information content (AvgIpc) is 3.97. The molecule has 250 valence electrons. The number of fused-ring (bicyclic) bond motifs is 9. The third kappa shape index (κ3) is 3.60. The molecule has 0 fully saturated rings. The maximum absolute atomic E-state index is 2.50. The maximum Gasteiger partial charge on any atom is 0.0548 e. The van der Waals surface area contributed by atoms with Crippen LogP contribution in [0.4, 0.5) is 0 Å². The summed E-state index contributed by atoms with van der Waals surface area (Å²) in [5, 5.41) is 12.8. The topological polar surface area (TPSA) is 14.8 Å². The number of thiophene rings is 1. The highest BCUT2D eigenvalue weighted by Crippen LogP contribution is 2.46. The van der Waals surface area contributed by atoms with Crippen LogP contribution in [-0.4, -0.2) is 13.7 Å². The van der Waals surface area contributed by atoms with Gasteiger partial charge < -0.3 is 13.7 Å². The second-order valence-corrected chi connectivity index (χ2v) is 15.6. The molecule has 4 heteroatoms. The zero-order chi connectivity index (χ0) is 35.1. The van der Waals surface area contributed by atoms with E-state index in [1.165, 1.54) is 113 Å². The third-order valence-electron chi connectivity index (χ3n) is 11.8. The van der Waals surface area contributed by atoms with Crippen molar-refractivity contribution in [2.45, 2.75) is 0 Å². The van der Waals surface area contributed by atoms with Gasteiger partial charge in [0.2, 0.25) is 0 Å². The Hall–Kier alpha value is -6.88. The summed E-state index contributed by atoms with van der Waals surface area (Å²) in [4.78, 5) is 0. The van der Waals surface area contributed by atoms with Gasteiger partial charge in [0, 0.05) is 68.9 Å². The van der Waals surface area contributed by atoms with Crippen molar-refractivity contribution in [3.8, 4) is 17.1 Å². The molecule has 13 aromatic rings. The second-order valence-electron chi connectivity index (χ2n) is 14.5. The van der Waals surface area contributed by atoms with Gasteiger partial charge in [-0.05, 0) is 72.8 Å². The summed E-state index contributed by atoms with van der Waals surface area (Å²) in [7, 11) is 0. The Labute approximate surface area is 313 Å². The van der Waals surface area contributed by atoms with Crippen molar-refractivity contribution in [1.29, 1.82) is 0 Å². The molecule has 4 heterocycles. The van der Waals surface area contributed by atoms with Crippen LogP contribution in [0.2, 0.25) is 0 Å². The van der Waals surface area contributed by atoms with Gasteiger partial charge in [-0.15, -0.1) is 11.3 Å². The summed E-state index contributed by atoms with van der Waals surface area (Å²) >= 11 is 1.87. The number of benzene rings is 9. The van der Waals surface area contributed by atoms with Crippen molar-refractivity contribution in [3.63, 3.8) is 0 Å². The number of nitrogens with zero attached hydrogens (tertiary/aromatic N) is 3. The largest absolute Gasteiger partial charge is 0.309 e. The van der Waals surface area contributed by atoms with Gasteiger partial charge in [-0.25, -0.2) is 0 Å². The maximum atomic E-state index is 2.50. The lowest BCUT2D eigenvalue weighted by Gasteiger charge is -2.15. The van der Waals surface area contributed by atoms with Crippen LogP contribution < -0.4 is 0 Å². The summed E-state index contributed by atoms with van der Waals surface area (Å²) in [6.07, 6.45) is 0. The standard InChI is InChI=1S/C50H29N3S/c1-6-16-39-31(11-1)32-12-2-7-17-40(32)52(39)43-24-26-45-49-36(43)22-23-37-44(53-41-18-8-3-13-33(41)34-14-4-9-19-42(34)53)25-27-46(50(37)49)51(45)30-21-28-48-38(29-30)35-15-5-10-20-47(35)54-48/h1-29H. The molecule has 0 saturated carbocycles. The van der Waals surface area contributed by atoms with Crippen LogP contribution in [0.25, 0.3) is 113 Å². The van der Waals surface area contributed by atoms with E-state index in [0.29, 0.717) is 0 Å². The van der Waals surface area contributed by atoms with Gasteiger partial charge in [-0.2, -0.15) is 0 Å². The molecular weight excluding hydrogens is 675 g/mol. The first-order chi connectivity index (χ1) is 26.8. The zero-order valence-electron chi connectivity index (χ0n) is 29.0. The van der Waals surface area contributed by atoms with Crippen molar-refractivity contribution >= 4 is 108 Å². The molecule has 0 aliphatic rings. The molecule has 0 bridgehead atoms. The molecule has 0 saturated heterocycles. The molecule has 0 atom stereocenters. The Morgan fingerprint density at radius 3 is 1.20 bits per heavy atom. The van der Waals surface area contributed by atoms with Crippen molar-refractivity contribution < 1.29 is 0 Å². The van der Waals surface area contributed by atoms with E-state index in [9.17, 15) is 0 Å². The zero-order valence-corrected chi connectivity index (χ0v) is 29.8. The van der Waals surface area contributed by atoms with Crippen LogP contribution in [0.3, 0.4) is 0 Å². The van der Waals surface area contributed by atoms with Gasteiger partial charge in [0.05, 0.1) is 44.5 Å². The minimum atomic E-state index is 1.18. The first kappa shape index (κ1) is 28.7. The normalized spacial score (nSPS) is 12.4. The lowest BCUT2D eigenvalue weighted by Crippen LogP contribution is -1.97. The monoisotopic (exact) mass is 703 g/mol. The lowest BCUT2D eigenvalue weighted by molar-refractivity contribution is 1.17. The molecule has 9 aromatic carbocycles. The highest BCUT2D eigenvalue weighted by atomic mass is 32.1. The van der Waals surface area contributed by atoms with Crippen molar-refractivity contribution in [2.75, 3.05) is 0 Å². The molecule has 0 spiro atoms. The van der Waals surface area contributed by atoms with Crippen LogP contribution in [0.1, 0.15) is 0 Å². The van der Waals surface area contributed by atoms with Gasteiger partial charge in [0.25, 0.3) is 0 Å². The van der Waals surface area contributed by atoms with E-state index < -0.39 is 0 Å². The van der Waals surface area contributed by atoms with Crippen LogP contribution in [-0.2, 0) is 0 Å². The van der Waals surface area contributed by atoms with Crippen LogP contribution in [0.5, 0.6) is 0 Å². The van der Waals surface area contributed by atoms with Crippen molar-refractivity contribution in [1.82, 2.24) is 13.7 Å². The summed E-state index contributed by atoms with van der Waals surface area (Å²) in [6.45, 7) is 0. The molecule has 0 amide bonds. The average molecular weight is 704 g/mol. The Morgan fingerprint density at radius 1 is 0.278 bits per heavy atom. The fourth-order valence-corrected chi connectivity index (χ4v) is 10.7. The Morgan fingerprint density at radius 2 is 0.704 bits per heavy atom. The quantitative estimate of drug-likeness (QED) is 0.163. The Bertz CT molecular complexity index is 3390. The number of para-hydroxylation sites is 4.